The monoisotopic (exact) mass is 207 g/mol. The average Bonchev–Trinajstić information content (AvgIpc) is 2.22. The molecular weight excluding hydrogens is 190 g/mol. The van der Waals surface area contributed by atoms with Crippen molar-refractivity contribution in [3.8, 4) is 0 Å². The lowest BCUT2D eigenvalue weighted by Gasteiger charge is -2.22. The minimum atomic E-state index is 0.145. The minimum Gasteiger partial charge on any atom is -0.489 e. The zero-order valence-corrected chi connectivity index (χ0v) is 9.11. The molecule has 0 aliphatic heterocycles. The van der Waals surface area contributed by atoms with Crippen molar-refractivity contribution in [2.75, 3.05) is 7.05 Å². The van der Waals surface area contributed by atoms with Crippen molar-refractivity contribution in [3.63, 3.8) is 0 Å². The fraction of sp³-hybridized carbons (Fsp3) is 0.500. The van der Waals surface area contributed by atoms with Crippen LogP contribution in [-0.2, 0) is 9.53 Å². The molecule has 1 saturated carbocycles. The van der Waals surface area contributed by atoms with Gasteiger partial charge < -0.3 is 4.74 Å². The van der Waals surface area contributed by atoms with Crippen LogP contribution in [0.2, 0.25) is 0 Å². The topological polar surface area (TPSA) is 38.7 Å². The van der Waals surface area contributed by atoms with E-state index in [4.69, 9.17) is 4.74 Å². The van der Waals surface area contributed by atoms with E-state index in [0.717, 1.165) is 12.8 Å². The molecular formula is C12H17NO2. The molecule has 1 aliphatic carbocycles. The first-order chi connectivity index (χ1) is 7.26. The van der Waals surface area contributed by atoms with Crippen molar-refractivity contribution in [3.05, 3.63) is 24.5 Å². The standard InChI is InChI=1S/C12H17NO2/c1-3-4-12(9-13-2)15-11-7-5-10(14)6-8-11/h3-4,9,11H,1,5-8H2,2H3/b12-4+,13-9?. The van der Waals surface area contributed by atoms with Crippen LogP contribution in [0.15, 0.2) is 29.5 Å². The number of ether oxygens (including phenoxy) is 1. The second-order valence-corrected chi connectivity index (χ2v) is 3.55. The molecule has 15 heavy (non-hydrogen) atoms. The van der Waals surface area contributed by atoms with Crippen LogP contribution in [0.4, 0.5) is 0 Å². The smallest absolute Gasteiger partial charge is 0.137 e. The molecule has 82 valence electrons. The summed E-state index contributed by atoms with van der Waals surface area (Å²) in [4.78, 5) is 14.9. The number of aliphatic imine (C=N–C) groups is 1. The van der Waals surface area contributed by atoms with Gasteiger partial charge in [0.05, 0.1) is 12.3 Å². The number of Topliss-reactive ketones (excluding diaryl/α,β-unsaturated/α-hetero) is 1. The molecule has 0 radical (unpaired) electrons. The number of carbonyl (C=O) groups excluding carboxylic acids is 1. The van der Waals surface area contributed by atoms with E-state index in [-0.39, 0.29) is 6.10 Å². The molecule has 1 aliphatic rings. The van der Waals surface area contributed by atoms with Gasteiger partial charge in [-0.1, -0.05) is 12.7 Å². The van der Waals surface area contributed by atoms with Crippen LogP contribution in [0.5, 0.6) is 0 Å². The summed E-state index contributed by atoms with van der Waals surface area (Å²) < 4.78 is 5.71. The number of nitrogens with zero attached hydrogens (tertiary/aromatic N) is 1. The molecule has 0 heterocycles. The van der Waals surface area contributed by atoms with Crippen LogP contribution in [0.3, 0.4) is 0 Å². The van der Waals surface area contributed by atoms with Crippen molar-refractivity contribution < 1.29 is 9.53 Å². The molecule has 0 aromatic carbocycles. The third-order valence-corrected chi connectivity index (χ3v) is 2.33. The average molecular weight is 207 g/mol. The summed E-state index contributed by atoms with van der Waals surface area (Å²) in [5, 5.41) is 0. The van der Waals surface area contributed by atoms with E-state index in [1.165, 1.54) is 0 Å². The summed E-state index contributed by atoms with van der Waals surface area (Å²) in [6, 6.07) is 0. The van der Waals surface area contributed by atoms with E-state index < -0.39 is 0 Å². The van der Waals surface area contributed by atoms with Crippen molar-refractivity contribution in [1.29, 1.82) is 0 Å². The zero-order valence-electron chi connectivity index (χ0n) is 9.11. The number of rotatable bonds is 4. The van der Waals surface area contributed by atoms with E-state index in [1.807, 2.05) is 0 Å². The molecule has 0 amide bonds. The summed E-state index contributed by atoms with van der Waals surface area (Å²) in [5.74, 6) is 1.06. The molecule has 1 fully saturated rings. The predicted octanol–water partition coefficient (Wildman–Crippen LogP) is 2.29. The molecule has 3 heteroatoms. The van der Waals surface area contributed by atoms with Crippen molar-refractivity contribution in [2.45, 2.75) is 31.8 Å². The minimum absolute atomic E-state index is 0.145. The normalized spacial score (nSPS) is 19.5. The maximum Gasteiger partial charge on any atom is 0.137 e. The molecule has 0 unspecified atom stereocenters. The Kier molecular flexibility index (Phi) is 4.81. The third-order valence-electron chi connectivity index (χ3n) is 2.33. The van der Waals surface area contributed by atoms with E-state index in [2.05, 4.69) is 11.6 Å². The van der Waals surface area contributed by atoms with Gasteiger partial charge >= 0.3 is 0 Å². The Bertz CT molecular complexity index is 282. The van der Waals surface area contributed by atoms with E-state index in [1.54, 1.807) is 25.4 Å². The van der Waals surface area contributed by atoms with Gasteiger partial charge in [-0.05, 0) is 18.9 Å². The van der Waals surface area contributed by atoms with Crippen LogP contribution in [0, 0.1) is 0 Å². The Balaban J connectivity index is 2.48. The summed E-state index contributed by atoms with van der Waals surface area (Å²) in [6.45, 7) is 3.62. The molecule has 0 spiro atoms. The van der Waals surface area contributed by atoms with Gasteiger partial charge in [0, 0.05) is 19.9 Å². The van der Waals surface area contributed by atoms with Crippen molar-refractivity contribution >= 4 is 12.0 Å². The maximum atomic E-state index is 11.0. The summed E-state index contributed by atoms with van der Waals surface area (Å²) in [6.07, 6.45) is 8.15. The Morgan fingerprint density at radius 1 is 1.53 bits per heavy atom. The SMILES string of the molecule is C=C/C=C(\C=NC)OC1CCC(=O)CC1. The van der Waals surface area contributed by atoms with E-state index in [0.29, 0.717) is 24.4 Å². The first-order valence-electron chi connectivity index (χ1n) is 5.19. The highest BCUT2D eigenvalue weighted by molar-refractivity contribution is 5.79. The van der Waals surface area contributed by atoms with Gasteiger partial charge in [0.25, 0.3) is 0 Å². The number of hydrogen-bond donors (Lipinski definition) is 0. The van der Waals surface area contributed by atoms with Crippen LogP contribution in [0.25, 0.3) is 0 Å². The second kappa shape index (κ2) is 6.17. The highest BCUT2D eigenvalue weighted by Gasteiger charge is 2.20. The lowest BCUT2D eigenvalue weighted by molar-refractivity contribution is -0.122. The lowest BCUT2D eigenvalue weighted by atomic mass is 9.96. The van der Waals surface area contributed by atoms with Crippen molar-refractivity contribution in [1.82, 2.24) is 0 Å². The van der Waals surface area contributed by atoms with Crippen molar-refractivity contribution in [2.24, 2.45) is 4.99 Å². The van der Waals surface area contributed by atoms with Gasteiger partial charge in [-0.15, -0.1) is 0 Å². The van der Waals surface area contributed by atoms with Gasteiger partial charge in [-0.3, -0.25) is 9.79 Å². The Hall–Kier alpha value is -1.38. The zero-order chi connectivity index (χ0) is 11.1. The number of ketones is 1. The molecule has 0 aromatic heterocycles. The predicted molar refractivity (Wildman–Crippen MR) is 61.0 cm³/mol. The largest absolute Gasteiger partial charge is 0.489 e. The Morgan fingerprint density at radius 2 is 2.20 bits per heavy atom. The first-order valence-corrected chi connectivity index (χ1v) is 5.19. The summed E-state index contributed by atoms with van der Waals surface area (Å²) >= 11 is 0. The number of hydrogen-bond acceptors (Lipinski definition) is 3. The Labute approximate surface area is 90.5 Å². The summed E-state index contributed by atoms with van der Waals surface area (Å²) in [7, 11) is 1.70. The molecule has 0 N–H and O–H groups in total. The van der Waals surface area contributed by atoms with Crippen LogP contribution in [-0.4, -0.2) is 25.1 Å². The molecule has 0 saturated heterocycles. The van der Waals surface area contributed by atoms with Gasteiger partial charge in [-0.2, -0.15) is 0 Å². The first kappa shape index (κ1) is 11.7. The van der Waals surface area contributed by atoms with Crippen LogP contribution < -0.4 is 0 Å². The van der Waals surface area contributed by atoms with Gasteiger partial charge in [0.2, 0.25) is 0 Å². The quantitative estimate of drug-likeness (QED) is 0.403. The number of carbonyl (C=O) groups is 1. The fourth-order valence-corrected chi connectivity index (χ4v) is 1.58. The van der Waals surface area contributed by atoms with E-state index in [9.17, 15) is 4.79 Å². The molecule has 0 bridgehead atoms. The van der Waals surface area contributed by atoms with Crippen LogP contribution in [0.1, 0.15) is 25.7 Å². The summed E-state index contributed by atoms with van der Waals surface area (Å²) in [5.41, 5.74) is 0. The van der Waals surface area contributed by atoms with Gasteiger partial charge in [0.15, 0.2) is 0 Å². The molecule has 3 nitrogen and oxygen atoms in total. The van der Waals surface area contributed by atoms with Gasteiger partial charge in [0.1, 0.15) is 11.5 Å². The highest BCUT2D eigenvalue weighted by atomic mass is 16.5. The number of allylic oxidation sites excluding steroid dienone is 3. The van der Waals surface area contributed by atoms with Crippen LogP contribution >= 0.6 is 0 Å². The highest BCUT2D eigenvalue weighted by Crippen LogP contribution is 2.19. The fourth-order valence-electron chi connectivity index (χ4n) is 1.58. The lowest BCUT2D eigenvalue weighted by Crippen LogP contribution is -2.21. The molecule has 0 atom stereocenters. The Morgan fingerprint density at radius 3 is 2.73 bits per heavy atom. The van der Waals surface area contributed by atoms with E-state index >= 15 is 0 Å². The third kappa shape index (κ3) is 4.11. The van der Waals surface area contributed by atoms with Gasteiger partial charge in [-0.25, -0.2) is 0 Å². The second-order valence-electron chi connectivity index (χ2n) is 3.55. The molecule has 1 rings (SSSR count). The maximum absolute atomic E-state index is 11.0. The molecule has 0 aromatic rings.